The van der Waals surface area contributed by atoms with E-state index in [9.17, 15) is 19.5 Å². The van der Waals surface area contributed by atoms with Gasteiger partial charge in [0.1, 0.15) is 17.7 Å². The highest BCUT2D eigenvalue weighted by molar-refractivity contribution is 6.00. The average molecular weight is 865 g/mol. The van der Waals surface area contributed by atoms with Crippen LogP contribution in [0.4, 0.5) is 52.0 Å². The van der Waals surface area contributed by atoms with Gasteiger partial charge in [0, 0.05) is 21.1 Å². The summed E-state index contributed by atoms with van der Waals surface area (Å²) in [4.78, 5) is 50.7. The summed E-state index contributed by atoms with van der Waals surface area (Å²) in [6.45, 7) is 4.02. The zero-order chi connectivity index (χ0) is 45.4. The van der Waals surface area contributed by atoms with Crippen molar-refractivity contribution in [3.05, 3.63) is 52.4 Å². The topological polar surface area (TPSA) is 388 Å². The first-order chi connectivity index (χ1) is 30.1. The summed E-state index contributed by atoms with van der Waals surface area (Å²) in [7, 11) is 7.10. The zero-order valence-electron chi connectivity index (χ0n) is 34.6. The van der Waals surface area contributed by atoms with E-state index in [1.807, 2.05) is 0 Å². The lowest BCUT2D eigenvalue weighted by atomic mass is 10.2. The van der Waals surface area contributed by atoms with Crippen LogP contribution in [0.15, 0.2) is 49.3 Å². The van der Waals surface area contributed by atoms with Crippen molar-refractivity contribution in [1.82, 2.24) is 73.6 Å². The van der Waals surface area contributed by atoms with Crippen LogP contribution in [0.2, 0.25) is 0 Å². The molecule has 63 heavy (non-hydrogen) atoms. The lowest BCUT2D eigenvalue weighted by Crippen LogP contribution is -2.17. The largest absolute Gasteiger partial charge is 0.465 e. The Morgan fingerprint density at radius 2 is 0.857 bits per heavy atom. The number of aryl methyl sites for hydroxylation is 6. The van der Waals surface area contributed by atoms with Crippen molar-refractivity contribution in [3.8, 4) is 17.8 Å². The van der Waals surface area contributed by atoms with Gasteiger partial charge in [-0.3, -0.25) is 4.79 Å². The Bertz CT molecular complexity index is 2710. The van der Waals surface area contributed by atoms with Crippen LogP contribution < -0.4 is 17.2 Å². The number of esters is 2. The highest BCUT2D eigenvalue weighted by Crippen LogP contribution is 2.35. The highest BCUT2D eigenvalue weighted by atomic mass is 16.5. The van der Waals surface area contributed by atoms with Gasteiger partial charge in [0.05, 0.1) is 55.5 Å². The molecule has 7 N–H and O–H groups in total. The fraction of sp³-hybridized carbons (Fsp3) is 0.273. The van der Waals surface area contributed by atoms with E-state index >= 15 is 0 Å². The van der Waals surface area contributed by atoms with Crippen LogP contribution in [-0.4, -0.2) is 117 Å². The number of aromatic nitrogens is 15. The van der Waals surface area contributed by atoms with Gasteiger partial charge in [0.25, 0.3) is 17.8 Å². The molecule has 0 aliphatic heterocycles. The van der Waals surface area contributed by atoms with Crippen molar-refractivity contribution in [1.29, 1.82) is 0 Å². The third-order valence-electron chi connectivity index (χ3n) is 9.07. The number of aliphatic hydroxyl groups is 1. The van der Waals surface area contributed by atoms with Crippen LogP contribution in [0.25, 0.3) is 17.8 Å². The number of carbonyl (C=O) groups excluding carboxylic acids is 3. The molecule has 0 amide bonds. The van der Waals surface area contributed by atoms with Crippen LogP contribution in [0.1, 0.15) is 48.2 Å². The van der Waals surface area contributed by atoms with Crippen molar-refractivity contribution in [3.63, 3.8) is 0 Å². The molecule has 7 aromatic heterocycles. The van der Waals surface area contributed by atoms with Crippen molar-refractivity contribution in [2.24, 2.45) is 51.8 Å². The second-order valence-corrected chi connectivity index (χ2v) is 13.1. The minimum atomic E-state index is -0.770. The Hall–Kier alpha value is -8.96. The summed E-state index contributed by atoms with van der Waals surface area (Å²) in [5, 5.41) is 60.5. The number of rotatable bonds is 13. The number of ketones is 1. The number of nitrogen functional groups attached to an aromatic ring is 3. The van der Waals surface area contributed by atoms with Gasteiger partial charge in [-0.05, 0) is 20.8 Å². The summed E-state index contributed by atoms with van der Waals surface area (Å²) in [6.07, 6.45) is 3.82. The number of Topliss-reactive ketones (excluding diaryl/α,β-unsaturated/α-hetero) is 1. The minimum Gasteiger partial charge on any atom is -0.465 e. The lowest BCUT2D eigenvalue weighted by Gasteiger charge is -2.10. The molecule has 30 nitrogen and oxygen atoms in total. The third kappa shape index (κ3) is 7.58. The molecule has 30 heteroatoms. The van der Waals surface area contributed by atoms with Crippen molar-refractivity contribution in [2.75, 3.05) is 38.0 Å². The second kappa shape index (κ2) is 16.6. The number of hydrogen-bond donors (Lipinski definition) is 4. The Morgan fingerprint density at radius 3 is 1.16 bits per heavy atom. The van der Waals surface area contributed by atoms with Crippen molar-refractivity contribution in [2.45, 2.75) is 20.8 Å². The van der Waals surface area contributed by atoms with Gasteiger partial charge >= 0.3 is 11.9 Å². The molecule has 0 unspecified atom stereocenters. The number of hydrogen-bond acceptors (Lipinski definition) is 24. The maximum Gasteiger partial charge on any atom is 0.343 e. The molecule has 0 aliphatic carbocycles. The molecule has 0 bridgehead atoms. The van der Waals surface area contributed by atoms with E-state index in [1.165, 1.54) is 53.9 Å². The predicted molar refractivity (Wildman–Crippen MR) is 215 cm³/mol. The molecular formula is C33H36N24O6. The fourth-order valence-corrected chi connectivity index (χ4v) is 5.80. The van der Waals surface area contributed by atoms with E-state index in [2.05, 4.69) is 76.2 Å². The van der Waals surface area contributed by atoms with E-state index < -0.39 is 24.3 Å². The van der Waals surface area contributed by atoms with Gasteiger partial charge in [-0.15, -0.1) is 30.7 Å². The normalized spacial score (nSPS) is 11.8. The molecule has 0 spiro atoms. The molecule has 0 atom stereocenters. The molecule has 0 saturated carbocycles. The van der Waals surface area contributed by atoms with Gasteiger partial charge in [-0.2, -0.15) is 59.6 Å². The number of carbonyl (C=O) groups is 3. The molecule has 7 heterocycles. The van der Waals surface area contributed by atoms with E-state index in [1.54, 1.807) is 34.9 Å². The number of nitrogens with two attached hydrogens (primary N) is 3. The van der Waals surface area contributed by atoms with Gasteiger partial charge in [-0.1, -0.05) is 0 Å². The van der Waals surface area contributed by atoms with Crippen LogP contribution in [0, 0.1) is 20.8 Å². The molecule has 0 aromatic carbocycles. The molecular weight excluding hydrogens is 829 g/mol. The standard InChI is InChI=1S/C33H36N24O6/c1-13-20(43-46-26-16(19(59)12-58)9-37-52(26)4)23(34)55(49-13)31-40-32(56-24(35)21(14(2)50-56)44-47-27-17(29(60)62-7)10-38-53(27)5)42-33(41-31)57-25(36)22(15(3)51-57)45-48-28-18(30(61)63-8)11-39-54(28)6/h9-11,58H,12,34-36H2,1-8H3/b46-43+,47-44+,48-45+. The zero-order valence-corrected chi connectivity index (χ0v) is 34.6. The fourth-order valence-electron chi connectivity index (χ4n) is 5.80. The number of methoxy groups -OCH3 is 2. The number of ether oxygens (including phenoxy) is 2. The first kappa shape index (κ1) is 42.2. The molecule has 7 aromatic rings. The molecule has 0 aliphatic rings. The van der Waals surface area contributed by atoms with Gasteiger partial charge < -0.3 is 31.8 Å². The Kier molecular flexibility index (Phi) is 11.1. The monoisotopic (exact) mass is 864 g/mol. The number of anilines is 3. The quantitative estimate of drug-likeness (QED) is 0.0733. The summed E-state index contributed by atoms with van der Waals surface area (Å²) < 4.78 is 17.0. The Morgan fingerprint density at radius 1 is 0.556 bits per heavy atom. The second-order valence-electron chi connectivity index (χ2n) is 13.1. The molecule has 0 saturated heterocycles. The smallest absolute Gasteiger partial charge is 0.343 e. The Labute approximate surface area is 352 Å². The van der Waals surface area contributed by atoms with Gasteiger partial charge in [0.2, 0.25) is 0 Å². The predicted octanol–water partition coefficient (Wildman–Crippen LogP) is 2.30. The van der Waals surface area contributed by atoms with Crippen LogP contribution in [-0.2, 0) is 30.6 Å². The first-order valence-corrected chi connectivity index (χ1v) is 18.0. The molecule has 7 rings (SSSR count). The number of nitrogens with zero attached hydrogens (tertiary/aromatic N) is 21. The van der Waals surface area contributed by atoms with E-state index in [0.29, 0.717) is 0 Å². The summed E-state index contributed by atoms with van der Waals surface area (Å²) in [5.41, 5.74) is 21.0. The maximum absolute atomic E-state index is 12.3. The van der Waals surface area contributed by atoms with E-state index in [-0.39, 0.29) is 104 Å². The van der Waals surface area contributed by atoms with Crippen molar-refractivity contribution >= 4 is 69.7 Å². The minimum absolute atomic E-state index is 0.0320. The summed E-state index contributed by atoms with van der Waals surface area (Å²) in [6, 6.07) is 0. The maximum atomic E-state index is 12.3. The van der Waals surface area contributed by atoms with Crippen LogP contribution >= 0.6 is 0 Å². The first-order valence-electron chi connectivity index (χ1n) is 18.0. The number of azo groups is 3. The van der Waals surface area contributed by atoms with E-state index in [4.69, 9.17) is 26.7 Å². The average Bonchev–Trinajstić information content (AvgIpc) is 4.11. The third-order valence-corrected chi connectivity index (χ3v) is 9.07. The van der Waals surface area contributed by atoms with Gasteiger partial charge in [-0.25, -0.2) is 23.6 Å². The summed E-state index contributed by atoms with van der Waals surface area (Å²) >= 11 is 0. The Balaban J connectivity index is 1.36. The van der Waals surface area contributed by atoms with Crippen LogP contribution in [0.5, 0.6) is 0 Å². The van der Waals surface area contributed by atoms with E-state index in [0.717, 1.165) is 14.0 Å². The molecule has 0 fully saturated rings. The van der Waals surface area contributed by atoms with Crippen molar-refractivity contribution < 1.29 is 29.0 Å². The lowest BCUT2D eigenvalue weighted by molar-refractivity contribution is 0.0592. The highest BCUT2D eigenvalue weighted by Gasteiger charge is 2.26. The summed E-state index contributed by atoms with van der Waals surface area (Å²) in [5.74, 6) is -2.70. The van der Waals surface area contributed by atoms with Gasteiger partial charge in [0.15, 0.2) is 57.8 Å². The molecule has 0 radical (unpaired) electrons. The number of aliphatic hydroxyl groups excluding tert-OH is 1. The van der Waals surface area contributed by atoms with Crippen LogP contribution in [0.3, 0.4) is 0 Å². The molecule has 324 valence electrons. The SMILES string of the molecule is COC(=O)c1cnn(C)c1/N=N/c1c(C)nn(-c2nc(-n3nc(C)c(/N=N/c4c(C(=O)CO)cnn4C)c3N)nc(-n3nc(C)c(/N=N/c4c(C(=O)OC)cnn4C)c3N)n2)c1N.